The lowest BCUT2D eigenvalue weighted by molar-refractivity contribution is 1.16. The van der Waals surface area contributed by atoms with E-state index in [1.54, 1.807) is 0 Å². The first-order chi connectivity index (χ1) is 37.0. The average Bonchev–Trinajstić information content (AvgIpc) is 4.20. The van der Waals surface area contributed by atoms with Crippen molar-refractivity contribution in [2.45, 2.75) is 6.92 Å². The van der Waals surface area contributed by atoms with E-state index in [2.05, 4.69) is 248 Å². The standard InChI is InChI=1S/C69H42N6/c1-43-37-44(42-70)27-32-49(43)45-28-34-68(75-66-26-14-8-20-55(66)59-41-48(31-36-69(59)75)73-63-23-11-5-17-52(63)53-18-6-12-24-64(53)73)57(38-45)56-39-46(29-33-60(56)71-2)74-65-25-13-7-19-54(65)58-40-47(30-35-67(58)74)72-61-21-9-3-15-50(61)51-16-4-10-22-62(51)72/h3-41H,1H3. The third-order valence-corrected chi connectivity index (χ3v) is 15.5. The molecule has 0 N–H and O–H groups in total. The van der Waals surface area contributed by atoms with Gasteiger partial charge in [0, 0.05) is 60.2 Å². The molecule has 0 aliphatic rings. The van der Waals surface area contributed by atoms with Gasteiger partial charge in [0.1, 0.15) is 0 Å². The summed E-state index contributed by atoms with van der Waals surface area (Å²) in [5.74, 6) is 0. The molecule has 0 aliphatic carbocycles. The van der Waals surface area contributed by atoms with Gasteiger partial charge in [-0.3, -0.25) is 0 Å². The summed E-state index contributed by atoms with van der Waals surface area (Å²) >= 11 is 0. The summed E-state index contributed by atoms with van der Waals surface area (Å²) in [7, 11) is 0. The Kier molecular flexibility index (Phi) is 9.20. The summed E-state index contributed by atoms with van der Waals surface area (Å²) in [6, 6.07) is 86.7. The van der Waals surface area contributed by atoms with Crippen molar-refractivity contribution in [1.29, 1.82) is 5.26 Å². The SMILES string of the molecule is [C-]#[N+]c1ccc(-n2c3ccccc3c3cc(-n4c5ccccc5c5ccccc54)ccc32)cc1-c1cc(-c2ccc(C#N)cc2C)ccc1-n1c2ccccc2c2cc(-n3c4ccccc4c4ccccc43)ccc21. The first-order valence-corrected chi connectivity index (χ1v) is 25.3. The Balaban J connectivity index is 0.965. The van der Waals surface area contributed by atoms with E-state index in [0.717, 1.165) is 105 Å². The molecule has 75 heavy (non-hydrogen) atoms. The molecular formula is C69H42N6. The van der Waals surface area contributed by atoms with Crippen molar-refractivity contribution in [3.8, 4) is 51.1 Å². The Morgan fingerprint density at radius 3 is 1.20 bits per heavy atom. The van der Waals surface area contributed by atoms with Gasteiger partial charge in [-0.1, -0.05) is 127 Å². The monoisotopic (exact) mass is 954 g/mol. The van der Waals surface area contributed by atoms with Gasteiger partial charge < -0.3 is 18.3 Å². The van der Waals surface area contributed by atoms with Crippen LogP contribution in [0.15, 0.2) is 237 Å². The van der Waals surface area contributed by atoms with Crippen molar-refractivity contribution >= 4 is 92.9 Å². The average molecular weight is 955 g/mol. The second kappa shape index (κ2) is 16.3. The van der Waals surface area contributed by atoms with Gasteiger partial charge in [0.25, 0.3) is 0 Å². The van der Waals surface area contributed by atoms with Gasteiger partial charge in [-0.15, -0.1) is 0 Å². The van der Waals surface area contributed by atoms with Crippen LogP contribution in [0, 0.1) is 24.8 Å². The molecule has 6 heteroatoms. The van der Waals surface area contributed by atoms with E-state index in [4.69, 9.17) is 6.57 Å². The first kappa shape index (κ1) is 42.3. The summed E-state index contributed by atoms with van der Waals surface area (Å²) in [4.78, 5) is 4.25. The molecule has 4 aromatic heterocycles. The van der Waals surface area contributed by atoms with Crippen LogP contribution in [0.25, 0.3) is 137 Å². The lowest BCUT2D eigenvalue weighted by atomic mass is 9.93. The highest BCUT2D eigenvalue weighted by Crippen LogP contribution is 2.45. The molecule has 0 unspecified atom stereocenters. The zero-order valence-corrected chi connectivity index (χ0v) is 40.7. The third-order valence-electron chi connectivity index (χ3n) is 15.5. The summed E-state index contributed by atoms with van der Waals surface area (Å²) in [5, 5.41) is 19.3. The van der Waals surface area contributed by atoms with Crippen molar-refractivity contribution in [2.75, 3.05) is 0 Å². The number of para-hydroxylation sites is 6. The molecule has 0 fully saturated rings. The second-order valence-corrected chi connectivity index (χ2v) is 19.5. The lowest BCUT2D eigenvalue weighted by Crippen LogP contribution is -2.00. The van der Waals surface area contributed by atoms with Gasteiger partial charge in [0.2, 0.25) is 0 Å². The molecule has 15 aromatic rings. The van der Waals surface area contributed by atoms with Crippen molar-refractivity contribution in [2.24, 2.45) is 0 Å². The zero-order chi connectivity index (χ0) is 49.9. The fourth-order valence-electron chi connectivity index (χ4n) is 12.3. The fourth-order valence-corrected chi connectivity index (χ4v) is 12.3. The molecule has 11 aromatic carbocycles. The van der Waals surface area contributed by atoms with Crippen LogP contribution in [0.2, 0.25) is 0 Å². The molecular weight excluding hydrogens is 913 g/mol. The summed E-state index contributed by atoms with van der Waals surface area (Å²) in [5.41, 5.74) is 19.0. The quantitative estimate of drug-likeness (QED) is 0.153. The maximum absolute atomic E-state index is 9.84. The number of nitriles is 1. The smallest absolute Gasteiger partial charge is 0.195 e. The van der Waals surface area contributed by atoms with Crippen molar-refractivity contribution in [3.05, 3.63) is 259 Å². The maximum Gasteiger partial charge on any atom is 0.195 e. The van der Waals surface area contributed by atoms with E-state index in [1.165, 1.54) is 32.6 Å². The van der Waals surface area contributed by atoms with Crippen LogP contribution in [-0.4, -0.2) is 18.3 Å². The molecule has 0 aliphatic heterocycles. The molecule has 0 radical (unpaired) electrons. The molecule has 0 bridgehead atoms. The van der Waals surface area contributed by atoms with Crippen LogP contribution < -0.4 is 0 Å². The van der Waals surface area contributed by atoms with Crippen molar-refractivity contribution in [3.63, 3.8) is 0 Å². The molecule has 6 nitrogen and oxygen atoms in total. The van der Waals surface area contributed by atoms with E-state index in [1.807, 2.05) is 24.3 Å². The van der Waals surface area contributed by atoms with Crippen molar-refractivity contribution < 1.29 is 0 Å². The predicted molar refractivity (Wildman–Crippen MR) is 310 cm³/mol. The molecule has 0 amide bonds. The molecule has 15 rings (SSSR count). The van der Waals surface area contributed by atoms with Gasteiger partial charge >= 0.3 is 0 Å². The molecule has 0 atom stereocenters. The Labute approximate surface area is 431 Å². The topological polar surface area (TPSA) is 47.9 Å². The Hall–Kier alpha value is -10.4. The second-order valence-electron chi connectivity index (χ2n) is 19.5. The normalized spacial score (nSPS) is 11.8. The lowest BCUT2D eigenvalue weighted by Gasteiger charge is -2.19. The Morgan fingerprint density at radius 2 is 0.747 bits per heavy atom. The number of nitrogens with zero attached hydrogens (tertiary/aromatic N) is 6. The summed E-state index contributed by atoms with van der Waals surface area (Å²) in [6.07, 6.45) is 0. The van der Waals surface area contributed by atoms with Gasteiger partial charge in [-0.25, -0.2) is 4.85 Å². The zero-order valence-electron chi connectivity index (χ0n) is 40.7. The Morgan fingerprint density at radius 1 is 0.347 bits per heavy atom. The van der Waals surface area contributed by atoms with E-state index in [-0.39, 0.29) is 0 Å². The highest BCUT2D eigenvalue weighted by molar-refractivity contribution is 6.14. The van der Waals surface area contributed by atoms with Gasteiger partial charge in [0.15, 0.2) is 5.69 Å². The minimum absolute atomic E-state index is 0.553. The highest BCUT2D eigenvalue weighted by atomic mass is 15.0. The molecule has 0 spiro atoms. The molecule has 0 saturated carbocycles. The molecule has 0 saturated heterocycles. The van der Waals surface area contributed by atoms with E-state index in [9.17, 15) is 5.26 Å². The van der Waals surface area contributed by atoms with Crippen LogP contribution in [0.3, 0.4) is 0 Å². The van der Waals surface area contributed by atoms with Gasteiger partial charge in [-0.05, 0) is 144 Å². The number of rotatable bonds is 6. The van der Waals surface area contributed by atoms with E-state index in [0.29, 0.717) is 11.3 Å². The largest absolute Gasteiger partial charge is 0.309 e. The number of benzene rings is 11. The van der Waals surface area contributed by atoms with Gasteiger partial charge in [-0.2, -0.15) is 5.26 Å². The number of aromatic nitrogens is 4. The summed E-state index contributed by atoms with van der Waals surface area (Å²) in [6.45, 7) is 10.8. The summed E-state index contributed by atoms with van der Waals surface area (Å²) < 4.78 is 9.48. The first-order valence-electron chi connectivity index (χ1n) is 25.3. The minimum atomic E-state index is 0.553. The fraction of sp³-hybridized carbons (Fsp3) is 0.0145. The highest BCUT2D eigenvalue weighted by Gasteiger charge is 2.23. The van der Waals surface area contributed by atoms with Crippen LogP contribution in [0.4, 0.5) is 5.69 Å². The van der Waals surface area contributed by atoms with Crippen LogP contribution in [-0.2, 0) is 0 Å². The number of fused-ring (bicyclic) bond motifs is 12. The number of hydrogen-bond acceptors (Lipinski definition) is 1. The Bertz CT molecular complexity index is 4890. The van der Waals surface area contributed by atoms with Crippen LogP contribution >= 0.6 is 0 Å². The molecule has 4 heterocycles. The van der Waals surface area contributed by atoms with E-state index < -0.39 is 0 Å². The predicted octanol–water partition coefficient (Wildman–Crippen LogP) is 18.1. The number of aryl methyl sites for hydroxylation is 1. The maximum atomic E-state index is 9.84. The minimum Gasteiger partial charge on any atom is -0.309 e. The van der Waals surface area contributed by atoms with Crippen LogP contribution in [0.1, 0.15) is 11.1 Å². The molecule has 348 valence electrons. The van der Waals surface area contributed by atoms with Crippen LogP contribution in [0.5, 0.6) is 0 Å². The van der Waals surface area contributed by atoms with E-state index >= 15 is 0 Å². The number of hydrogen-bond donors (Lipinski definition) is 0. The van der Waals surface area contributed by atoms with Crippen molar-refractivity contribution in [1.82, 2.24) is 18.3 Å². The van der Waals surface area contributed by atoms with Gasteiger partial charge in [0.05, 0.1) is 68.0 Å². The third kappa shape index (κ3) is 6.24.